The van der Waals surface area contributed by atoms with Crippen LogP contribution in [0.3, 0.4) is 0 Å². The topological polar surface area (TPSA) is 52.7 Å². The second-order valence-corrected chi connectivity index (χ2v) is 7.16. The van der Waals surface area contributed by atoms with Crippen LogP contribution in [0.5, 0.6) is 0 Å². The van der Waals surface area contributed by atoms with E-state index in [-0.39, 0.29) is 43.1 Å². The molecule has 0 bridgehead atoms. The largest absolute Gasteiger partial charge is 0.416 e. The van der Waals surface area contributed by atoms with Crippen molar-refractivity contribution in [1.82, 2.24) is 15.1 Å². The van der Waals surface area contributed by atoms with Crippen molar-refractivity contribution in [2.45, 2.75) is 44.4 Å². The van der Waals surface area contributed by atoms with Crippen LogP contribution in [0.15, 0.2) is 24.3 Å². The Morgan fingerprint density at radius 1 is 1.15 bits per heavy atom. The highest BCUT2D eigenvalue weighted by Crippen LogP contribution is 2.34. The standard InChI is InChI=1S/C19H24F3N3O2/c20-19(21,22)16-6-2-1-5-14(16)12-25(15-7-8-15)13-17(26)23-11-18(27)24-9-3-4-10-24/h1-2,5-6,15H,3-4,7-13H2,(H,23,26). The molecule has 1 saturated carbocycles. The first-order valence-electron chi connectivity index (χ1n) is 9.28. The summed E-state index contributed by atoms with van der Waals surface area (Å²) in [5.41, 5.74) is -0.502. The minimum atomic E-state index is -4.42. The van der Waals surface area contributed by atoms with Crippen molar-refractivity contribution < 1.29 is 22.8 Å². The number of nitrogens with zero attached hydrogens (tertiary/aromatic N) is 2. The number of hydrogen-bond acceptors (Lipinski definition) is 3. The lowest BCUT2D eigenvalue weighted by Crippen LogP contribution is -2.43. The molecule has 1 aliphatic heterocycles. The fraction of sp³-hybridized carbons (Fsp3) is 0.579. The predicted molar refractivity (Wildman–Crippen MR) is 93.7 cm³/mol. The van der Waals surface area contributed by atoms with Gasteiger partial charge in [0.1, 0.15) is 0 Å². The lowest BCUT2D eigenvalue weighted by molar-refractivity contribution is -0.138. The molecule has 148 valence electrons. The van der Waals surface area contributed by atoms with E-state index in [2.05, 4.69) is 5.32 Å². The summed E-state index contributed by atoms with van der Waals surface area (Å²) >= 11 is 0. The van der Waals surface area contributed by atoms with Crippen LogP contribution in [0.4, 0.5) is 13.2 Å². The Balaban J connectivity index is 1.57. The number of carbonyl (C=O) groups is 2. The maximum atomic E-state index is 13.2. The number of alkyl halides is 3. The Hall–Kier alpha value is -2.09. The summed E-state index contributed by atoms with van der Waals surface area (Å²) in [5, 5.41) is 2.61. The van der Waals surface area contributed by atoms with Crippen molar-refractivity contribution in [3.8, 4) is 0 Å². The van der Waals surface area contributed by atoms with Gasteiger partial charge in [0, 0.05) is 25.7 Å². The first-order valence-corrected chi connectivity index (χ1v) is 9.28. The molecule has 3 rings (SSSR count). The van der Waals surface area contributed by atoms with E-state index in [0.29, 0.717) is 0 Å². The van der Waals surface area contributed by atoms with Crippen LogP contribution >= 0.6 is 0 Å². The molecular formula is C19H24F3N3O2. The molecule has 1 N–H and O–H groups in total. The molecule has 1 aliphatic carbocycles. The summed E-state index contributed by atoms with van der Waals surface area (Å²) in [6.07, 6.45) is -0.722. The Morgan fingerprint density at radius 2 is 1.81 bits per heavy atom. The van der Waals surface area contributed by atoms with E-state index in [4.69, 9.17) is 0 Å². The van der Waals surface area contributed by atoms with Gasteiger partial charge >= 0.3 is 6.18 Å². The highest BCUT2D eigenvalue weighted by atomic mass is 19.4. The molecule has 5 nitrogen and oxygen atoms in total. The molecule has 2 aliphatic rings. The van der Waals surface area contributed by atoms with Crippen LogP contribution in [0.25, 0.3) is 0 Å². The van der Waals surface area contributed by atoms with Crippen molar-refractivity contribution in [3.05, 3.63) is 35.4 Å². The molecule has 27 heavy (non-hydrogen) atoms. The molecule has 2 amide bonds. The number of rotatable bonds is 7. The van der Waals surface area contributed by atoms with E-state index in [1.165, 1.54) is 12.1 Å². The number of halogens is 3. The van der Waals surface area contributed by atoms with Gasteiger partial charge in [0.15, 0.2) is 0 Å². The molecule has 0 aromatic heterocycles. The maximum absolute atomic E-state index is 13.2. The molecule has 0 unspecified atom stereocenters. The van der Waals surface area contributed by atoms with E-state index >= 15 is 0 Å². The quantitative estimate of drug-likeness (QED) is 0.787. The number of nitrogens with one attached hydrogen (secondary N) is 1. The van der Waals surface area contributed by atoms with Crippen molar-refractivity contribution >= 4 is 11.8 Å². The van der Waals surface area contributed by atoms with Gasteiger partial charge in [-0.1, -0.05) is 18.2 Å². The summed E-state index contributed by atoms with van der Waals surface area (Å²) in [7, 11) is 0. The highest BCUT2D eigenvalue weighted by molar-refractivity contribution is 5.85. The van der Waals surface area contributed by atoms with E-state index < -0.39 is 11.7 Å². The van der Waals surface area contributed by atoms with Gasteiger partial charge in [0.05, 0.1) is 18.7 Å². The van der Waals surface area contributed by atoms with Crippen molar-refractivity contribution in [2.24, 2.45) is 0 Å². The van der Waals surface area contributed by atoms with E-state index in [9.17, 15) is 22.8 Å². The summed E-state index contributed by atoms with van der Waals surface area (Å²) in [5.74, 6) is -0.444. The number of hydrogen-bond donors (Lipinski definition) is 1. The third-order valence-corrected chi connectivity index (χ3v) is 5.00. The van der Waals surface area contributed by atoms with Crippen LogP contribution in [0, 0.1) is 0 Å². The van der Waals surface area contributed by atoms with Gasteiger partial charge in [-0.2, -0.15) is 13.2 Å². The van der Waals surface area contributed by atoms with Crippen molar-refractivity contribution in [3.63, 3.8) is 0 Å². The molecular weight excluding hydrogens is 359 g/mol. The highest BCUT2D eigenvalue weighted by Gasteiger charge is 2.36. The van der Waals surface area contributed by atoms with Gasteiger partial charge < -0.3 is 10.2 Å². The minimum Gasteiger partial charge on any atom is -0.346 e. The SMILES string of the molecule is O=C(CN(Cc1ccccc1C(F)(F)F)C1CC1)NCC(=O)N1CCCC1. The molecule has 2 fully saturated rings. The van der Waals surface area contributed by atoms with Crippen LogP contribution in [0.1, 0.15) is 36.8 Å². The Labute approximate surface area is 156 Å². The van der Waals surface area contributed by atoms with Crippen LogP contribution in [0.2, 0.25) is 0 Å². The Morgan fingerprint density at radius 3 is 2.44 bits per heavy atom. The minimum absolute atomic E-state index is 0.00978. The molecule has 1 saturated heterocycles. The van der Waals surface area contributed by atoms with E-state index in [1.807, 2.05) is 0 Å². The van der Waals surface area contributed by atoms with Gasteiger partial charge in [0.25, 0.3) is 0 Å². The zero-order valence-corrected chi connectivity index (χ0v) is 15.1. The third kappa shape index (κ3) is 5.45. The summed E-state index contributed by atoms with van der Waals surface area (Å²) in [6, 6.07) is 5.57. The first-order chi connectivity index (χ1) is 12.8. The van der Waals surface area contributed by atoms with Crippen LogP contribution in [-0.2, 0) is 22.3 Å². The van der Waals surface area contributed by atoms with Gasteiger partial charge in [-0.25, -0.2) is 0 Å². The second-order valence-electron chi connectivity index (χ2n) is 7.16. The zero-order chi connectivity index (χ0) is 19.4. The molecule has 0 atom stereocenters. The summed E-state index contributed by atoms with van der Waals surface area (Å²) in [4.78, 5) is 27.7. The Kier molecular flexibility index (Phi) is 6.04. The molecule has 8 heteroatoms. The maximum Gasteiger partial charge on any atom is 0.416 e. The lowest BCUT2D eigenvalue weighted by Gasteiger charge is -2.24. The first kappa shape index (κ1) is 19.7. The average molecular weight is 383 g/mol. The third-order valence-electron chi connectivity index (χ3n) is 5.00. The van der Waals surface area contributed by atoms with Crippen molar-refractivity contribution in [1.29, 1.82) is 0 Å². The number of amides is 2. The molecule has 0 spiro atoms. The van der Waals surface area contributed by atoms with Crippen molar-refractivity contribution in [2.75, 3.05) is 26.2 Å². The molecule has 1 heterocycles. The zero-order valence-electron chi connectivity index (χ0n) is 15.1. The fourth-order valence-electron chi connectivity index (χ4n) is 3.40. The second kappa shape index (κ2) is 8.29. The molecule has 1 aromatic rings. The summed E-state index contributed by atoms with van der Waals surface area (Å²) < 4.78 is 39.6. The Bertz CT molecular complexity index is 683. The molecule has 1 aromatic carbocycles. The predicted octanol–water partition coefficient (Wildman–Crippen LogP) is 2.41. The normalized spacial score (nSPS) is 17.4. The van der Waals surface area contributed by atoms with E-state index in [1.54, 1.807) is 15.9 Å². The van der Waals surface area contributed by atoms with Gasteiger partial charge in [-0.3, -0.25) is 14.5 Å². The smallest absolute Gasteiger partial charge is 0.346 e. The van der Waals surface area contributed by atoms with Gasteiger partial charge in [0.2, 0.25) is 11.8 Å². The summed E-state index contributed by atoms with van der Waals surface area (Å²) in [6.45, 7) is 1.43. The average Bonchev–Trinajstić information content (AvgIpc) is 3.32. The number of carbonyl (C=O) groups excluding carboxylic acids is 2. The van der Waals surface area contributed by atoms with Gasteiger partial charge in [-0.05, 0) is 37.3 Å². The number of benzene rings is 1. The van der Waals surface area contributed by atoms with Crippen LogP contribution in [-0.4, -0.2) is 53.8 Å². The van der Waals surface area contributed by atoms with Crippen LogP contribution < -0.4 is 5.32 Å². The van der Waals surface area contributed by atoms with Gasteiger partial charge in [-0.15, -0.1) is 0 Å². The molecule has 0 radical (unpaired) electrons. The van der Waals surface area contributed by atoms with E-state index in [0.717, 1.165) is 44.8 Å². The fourth-order valence-corrected chi connectivity index (χ4v) is 3.40. The monoisotopic (exact) mass is 383 g/mol. The number of likely N-dealkylation sites (tertiary alicyclic amines) is 1. The lowest BCUT2D eigenvalue weighted by atomic mass is 10.1.